The van der Waals surface area contributed by atoms with Crippen LogP contribution in [0.5, 0.6) is 0 Å². The van der Waals surface area contributed by atoms with Crippen LogP contribution in [0.4, 0.5) is 5.82 Å². The van der Waals surface area contributed by atoms with Crippen molar-refractivity contribution in [2.45, 2.75) is 18.4 Å². The number of pyridine rings is 1. The van der Waals surface area contributed by atoms with Gasteiger partial charge in [-0.2, -0.15) is 0 Å². The molecule has 0 aliphatic carbocycles. The van der Waals surface area contributed by atoms with Crippen LogP contribution in [0.3, 0.4) is 0 Å². The summed E-state index contributed by atoms with van der Waals surface area (Å²) in [5.41, 5.74) is 1.26. The molecule has 1 aromatic carbocycles. The quantitative estimate of drug-likeness (QED) is 0.772. The number of sulfonamides is 1. The number of aliphatic hydroxyl groups is 1. The Kier molecular flexibility index (Phi) is 5.03. The normalized spacial score (nSPS) is 11.4. The van der Waals surface area contributed by atoms with Gasteiger partial charge in [0.2, 0.25) is 0 Å². The zero-order valence-corrected chi connectivity index (χ0v) is 15.0. The lowest BCUT2D eigenvalue weighted by Crippen LogP contribution is -2.15. The smallest absolute Gasteiger partial charge is 0.264 e. The van der Waals surface area contributed by atoms with Gasteiger partial charge in [-0.15, -0.1) is 0 Å². The number of halogens is 2. The Bertz CT molecular complexity index is 762. The van der Waals surface area contributed by atoms with Gasteiger partial charge in [0.25, 0.3) is 10.0 Å². The lowest BCUT2D eigenvalue weighted by molar-refractivity contribution is 0.281. The lowest BCUT2D eigenvalue weighted by Gasteiger charge is -2.12. The average Bonchev–Trinajstić information content (AvgIpc) is 2.43. The zero-order chi connectivity index (χ0) is 15.6. The summed E-state index contributed by atoms with van der Waals surface area (Å²) < 4.78 is 28.5. The van der Waals surface area contributed by atoms with Crippen molar-refractivity contribution in [3.63, 3.8) is 0 Å². The van der Waals surface area contributed by atoms with Gasteiger partial charge in [-0.05, 0) is 68.1 Å². The van der Waals surface area contributed by atoms with Gasteiger partial charge in [-0.1, -0.05) is 6.07 Å². The molecule has 0 saturated heterocycles. The van der Waals surface area contributed by atoms with E-state index < -0.39 is 10.0 Å². The second-order valence-electron chi connectivity index (χ2n) is 4.35. The Hall–Kier alpha value is -0.960. The minimum Gasteiger partial charge on any atom is -0.392 e. The van der Waals surface area contributed by atoms with Crippen LogP contribution >= 0.6 is 31.9 Å². The third-order valence-electron chi connectivity index (χ3n) is 2.72. The maximum absolute atomic E-state index is 12.5. The van der Waals surface area contributed by atoms with Gasteiger partial charge in [-0.25, -0.2) is 13.4 Å². The molecular formula is C13H12Br2N2O3S. The highest BCUT2D eigenvalue weighted by molar-refractivity contribution is 9.10. The monoisotopic (exact) mass is 434 g/mol. The van der Waals surface area contributed by atoms with Crippen LogP contribution in [0.2, 0.25) is 0 Å². The fourth-order valence-corrected chi connectivity index (χ4v) is 4.04. The Morgan fingerprint density at radius 2 is 2.00 bits per heavy atom. The van der Waals surface area contributed by atoms with Gasteiger partial charge < -0.3 is 5.11 Å². The number of aryl methyl sites for hydroxylation is 1. The average molecular weight is 436 g/mol. The van der Waals surface area contributed by atoms with Gasteiger partial charge in [-0.3, -0.25) is 4.72 Å². The summed E-state index contributed by atoms with van der Waals surface area (Å²) in [4.78, 5) is 4.05. The van der Waals surface area contributed by atoms with Gasteiger partial charge in [0.15, 0.2) is 0 Å². The van der Waals surface area contributed by atoms with Gasteiger partial charge >= 0.3 is 0 Å². The van der Waals surface area contributed by atoms with Gasteiger partial charge in [0.05, 0.1) is 6.61 Å². The van der Waals surface area contributed by atoms with Crippen LogP contribution in [0.1, 0.15) is 11.1 Å². The SMILES string of the molecule is Cc1cc(CO)cc(S(=O)(=O)Nc2ccc(Br)cn2)c1Br. The van der Waals surface area contributed by atoms with Crippen LogP contribution in [0.25, 0.3) is 0 Å². The van der Waals surface area contributed by atoms with Crippen molar-refractivity contribution in [3.05, 3.63) is 50.5 Å². The molecule has 0 spiro atoms. The van der Waals surface area contributed by atoms with Crippen molar-refractivity contribution in [3.8, 4) is 0 Å². The second kappa shape index (κ2) is 6.43. The summed E-state index contributed by atoms with van der Waals surface area (Å²) in [6.45, 7) is 1.54. The minimum atomic E-state index is -3.80. The summed E-state index contributed by atoms with van der Waals surface area (Å²) in [7, 11) is -3.80. The number of aliphatic hydroxyl groups excluding tert-OH is 1. The molecule has 8 heteroatoms. The number of anilines is 1. The first-order valence-corrected chi connectivity index (χ1v) is 8.94. The first kappa shape index (κ1) is 16.4. The summed E-state index contributed by atoms with van der Waals surface area (Å²) in [5, 5.41) is 9.22. The van der Waals surface area contributed by atoms with E-state index in [4.69, 9.17) is 0 Å². The largest absolute Gasteiger partial charge is 0.392 e. The molecule has 21 heavy (non-hydrogen) atoms. The van der Waals surface area contributed by atoms with E-state index in [0.717, 1.165) is 10.0 Å². The van der Waals surface area contributed by atoms with E-state index in [2.05, 4.69) is 41.6 Å². The fourth-order valence-electron chi connectivity index (χ4n) is 1.72. The third-order valence-corrected chi connectivity index (χ3v) is 5.88. The number of nitrogens with zero attached hydrogens (tertiary/aromatic N) is 1. The molecule has 1 heterocycles. The molecule has 2 rings (SSSR count). The molecule has 1 aromatic heterocycles. The van der Waals surface area contributed by atoms with Gasteiger partial charge in [0, 0.05) is 15.1 Å². The molecule has 0 aliphatic rings. The molecule has 0 saturated carbocycles. The van der Waals surface area contributed by atoms with Crippen molar-refractivity contribution in [2.24, 2.45) is 0 Å². The summed E-state index contributed by atoms with van der Waals surface area (Å²) in [6, 6.07) is 6.40. The predicted molar refractivity (Wildman–Crippen MR) is 87.5 cm³/mol. The molecule has 0 unspecified atom stereocenters. The second-order valence-corrected chi connectivity index (χ2v) is 7.71. The van der Waals surface area contributed by atoms with Crippen LogP contribution in [-0.2, 0) is 16.6 Å². The number of aromatic nitrogens is 1. The molecule has 5 nitrogen and oxygen atoms in total. The molecule has 0 radical (unpaired) electrons. The van der Waals surface area contributed by atoms with Crippen molar-refractivity contribution in [1.29, 1.82) is 0 Å². The van der Waals surface area contributed by atoms with Crippen molar-refractivity contribution in [2.75, 3.05) is 4.72 Å². The van der Waals surface area contributed by atoms with E-state index in [0.29, 0.717) is 10.0 Å². The third kappa shape index (κ3) is 3.82. The lowest BCUT2D eigenvalue weighted by atomic mass is 10.1. The van der Waals surface area contributed by atoms with Crippen LogP contribution in [0, 0.1) is 6.92 Å². The van der Waals surface area contributed by atoms with Crippen LogP contribution in [0.15, 0.2) is 44.3 Å². The number of rotatable bonds is 4. The molecular weight excluding hydrogens is 424 g/mol. The fraction of sp³-hybridized carbons (Fsp3) is 0.154. The Morgan fingerprint density at radius 3 is 2.57 bits per heavy atom. The summed E-state index contributed by atoms with van der Waals surface area (Å²) in [5.74, 6) is 0.220. The van der Waals surface area contributed by atoms with E-state index in [1.54, 1.807) is 25.1 Å². The van der Waals surface area contributed by atoms with Crippen LogP contribution < -0.4 is 4.72 Å². The highest BCUT2D eigenvalue weighted by Gasteiger charge is 2.20. The van der Waals surface area contributed by atoms with E-state index >= 15 is 0 Å². The highest BCUT2D eigenvalue weighted by Crippen LogP contribution is 2.28. The molecule has 0 aliphatic heterocycles. The van der Waals surface area contributed by atoms with E-state index in [9.17, 15) is 13.5 Å². The zero-order valence-electron chi connectivity index (χ0n) is 11.0. The topological polar surface area (TPSA) is 79.3 Å². The van der Waals surface area contributed by atoms with Crippen molar-refractivity contribution < 1.29 is 13.5 Å². The highest BCUT2D eigenvalue weighted by atomic mass is 79.9. The number of nitrogens with one attached hydrogen (secondary N) is 1. The standard InChI is InChI=1S/C13H12Br2N2O3S/c1-8-4-9(7-18)5-11(13(8)15)21(19,20)17-12-3-2-10(14)6-16-12/h2-6,18H,7H2,1H3,(H,16,17). The molecule has 0 fully saturated rings. The van der Waals surface area contributed by atoms with Gasteiger partial charge in [0.1, 0.15) is 10.7 Å². The molecule has 2 N–H and O–H groups in total. The van der Waals surface area contributed by atoms with E-state index in [1.165, 1.54) is 12.3 Å². The minimum absolute atomic E-state index is 0.0660. The summed E-state index contributed by atoms with van der Waals surface area (Å²) in [6.07, 6.45) is 1.50. The molecule has 2 aromatic rings. The van der Waals surface area contributed by atoms with E-state index in [-0.39, 0.29) is 17.3 Å². The Morgan fingerprint density at radius 1 is 1.29 bits per heavy atom. The molecule has 0 atom stereocenters. The number of hydrogen-bond donors (Lipinski definition) is 2. The molecule has 0 bridgehead atoms. The maximum atomic E-state index is 12.5. The molecule has 112 valence electrons. The first-order chi connectivity index (χ1) is 9.83. The van der Waals surface area contributed by atoms with Crippen molar-refractivity contribution >= 4 is 47.7 Å². The number of hydrogen-bond acceptors (Lipinski definition) is 4. The predicted octanol–water partition coefficient (Wildman–Crippen LogP) is 3.21. The van der Waals surface area contributed by atoms with E-state index in [1.807, 2.05) is 0 Å². The number of benzene rings is 1. The first-order valence-electron chi connectivity index (χ1n) is 5.88. The Balaban J connectivity index is 2.44. The summed E-state index contributed by atoms with van der Waals surface area (Å²) >= 11 is 6.51. The maximum Gasteiger partial charge on any atom is 0.264 e. The Labute approximate surface area is 139 Å². The molecule has 0 amide bonds. The van der Waals surface area contributed by atoms with Crippen molar-refractivity contribution in [1.82, 2.24) is 4.98 Å². The van der Waals surface area contributed by atoms with Crippen LogP contribution in [-0.4, -0.2) is 18.5 Å².